The zero-order valence-corrected chi connectivity index (χ0v) is 16.6. The van der Waals surface area contributed by atoms with Crippen LogP contribution in [0, 0.1) is 18.4 Å². The molecule has 0 aliphatic carbocycles. The first-order valence-corrected chi connectivity index (χ1v) is 6.92. The Kier molecular flexibility index (Phi) is 9.35. The summed E-state index contributed by atoms with van der Waals surface area (Å²) in [7, 11) is 0. The number of hydrogen-bond donors (Lipinski definition) is 1. The number of cyclic esters (lactones) is 1. The van der Waals surface area contributed by atoms with Crippen molar-refractivity contribution >= 4 is 18.3 Å². The summed E-state index contributed by atoms with van der Waals surface area (Å²) in [6.45, 7) is 6.98. The van der Waals surface area contributed by atoms with E-state index in [9.17, 15) is 14.7 Å². The quantitative estimate of drug-likeness (QED) is 0.504. The Hall–Kier alpha value is -1.83. The van der Waals surface area contributed by atoms with Crippen LogP contribution in [0.15, 0.2) is 24.3 Å². The van der Waals surface area contributed by atoms with E-state index in [-0.39, 0.29) is 33.2 Å². The van der Waals surface area contributed by atoms with Crippen molar-refractivity contribution in [2.75, 3.05) is 11.4 Å². The van der Waals surface area contributed by atoms with Gasteiger partial charge < -0.3 is 19.4 Å². The largest absolute Gasteiger partial charge is 2.00 e. The van der Waals surface area contributed by atoms with E-state index in [1.165, 1.54) is 11.4 Å². The molecule has 1 fully saturated rings. The molecule has 6 nitrogen and oxygen atoms in total. The number of terminal acetylenes is 1. The van der Waals surface area contributed by atoms with E-state index >= 15 is 0 Å². The SMILES string of the molecule is C#CC(O)[C@H]1CN(c2cc[c-]cc2)C(=O)O1.CC(C)(C)O[C-]=O.[W+2]. The zero-order chi connectivity index (χ0) is 17.5. The third-order valence-corrected chi connectivity index (χ3v) is 2.72. The second-order valence-electron chi connectivity index (χ2n) is 5.70. The van der Waals surface area contributed by atoms with Crippen molar-refractivity contribution in [1.82, 2.24) is 0 Å². The Morgan fingerprint density at radius 3 is 2.50 bits per heavy atom. The molecule has 1 amide bonds. The van der Waals surface area contributed by atoms with Crippen molar-refractivity contribution in [1.29, 1.82) is 0 Å². The van der Waals surface area contributed by atoms with Gasteiger partial charge in [-0.05, 0) is 20.8 Å². The standard InChI is InChI=1S/C12H10NO3.C5H9O2.W/c1-2-10(14)11-8-13(12(15)16-11)9-6-4-3-5-7-9;1-5(2,3)7-4-6;/h1,4-7,10-11,14H,8H2;1-3H3;/q2*-1;+2/t10?,11-;;/m1../s1. The molecule has 1 aliphatic heterocycles. The van der Waals surface area contributed by atoms with E-state index < -0.39 is 18.3 Å². The summed E-state index contributed by atoms with van der Waals surface area (Å²) in [6, 6.07) is 9.74. The number of carbonyl (C=O) groups is 1. The summed E-state index contributed by atoms with van der Waals surface area (Å²) in [6.07, 6.45) is 2.84. The summed E-state index contributed by atoms with van der Waals surface area (Å²) < 4.78 is 9.39. The fourth-order valence-corrected chi connectivity index (χ4v) is 1.65. The van der Waals surface area contributed by atoms with Crippen LogP contribution in [0.5, 0.6) is 0 Å². The summed E-state index contributed by atoms with van der Waals surface area (Å²) >= 11 is 0. The Morgan fingerprint density at radius 2 is 2.08 bits per heavy atom. The van der Waals surface area contributed by atoms with Crippen LogP contribution < -0.4 is 4.90 Å². The van der Waals surface area contributed by atoms with Crippen molar-refractivity contribution in [3.63, 3.8) is 0 Å². The van der Waals surface area contributed by atoms with Gasteiger partial charge in [0.1, 0.15) is 0 Å². The topological polar surface area (TPSA) is 76.1 Å². The van der Waals surface area contributed by atoms with Gasteiger partial charge in [-0.3, -0.25) is 4.90 Å². The molecule has 0 aromatic heterocycles. The summed E-state index contributed by atoms with van der Waals surface area (Å²) in [4.78, 5) is 22.4. The Bertz CT molecular complexity index is 565. The second kappa shape index (κ2) is 10.1. The predicted octanol–water partition coefficient (Wildman–Crippen LogP) is 1.67. The van der Waals surface area contributed by atoms with Crippen LogP contribution in [0.3, 0.4) is 0 Å². The molecule has 1 aliphatic rings. The number of benzene rings is 1. The molecule has 1 aromatic carbocycles. The molecule has 0 saturated carbocycles. The van der Waals surface area contributed by atoms with E-state index in [4.69, 9.17) is 11.2 Å². The van der Waals surface area contributed by atoms with Crippen LogP contribution in [0.4, 0.5) is 10.5 Å². The number of nitrogens with zero attached hydrogens (tertiary/aromatic N) is 1. The Balaban J connectivity index is 0.000000570. The summed E-state index contributed by atoms with van der Waals surface area (Å²) in [5.41, 5.74) is 0.331. The molecular formula is C17H19NO5W. The fourth-order valence-electron chi connectivity index (χ4n) is 1.65. The van der Waals surface area contributed by atoms with Gasteiger partial charge in [-0.2, -0.15) is 18.2 Å². The molecular weight excluding hydrogens is 482 g/mol. The zero-order valence-electron chi connectivity index (χ0n) is 13.7. The maximum absolute atomic E-state index is 11.5. The van der Waals surface area contributed by atoms with Crippen LogP contribution in [0.1, 0.15) is 20.8 Å². The molecule has 1 aromatic rings. The van der Waals surface area contributed by atoms with Crippen molar-refractivity contribution in [2.45, 2.75) is 38.6 Å². The molecule has 0 bridgehead atoms. The van der Waals surface area contributed by atoms with Crippen LogP contribution in [-0.4, -0.2) is 42.0 Å². The molecule has 24 heavy (non-hydrogen) atoms. The van der Waals surface area contributed by atoms with E-state index in [2.05, 4.69) is 16.7 Å². The number of anilines is 1. The van der Waals surface area contributed by atoms with Gasteiger partial charge in [0.2, 0.25) is 0 Å². The maximum Gasteiger partial charge on any atom is 2.00 e. The van der Waals surface area contributed by atoms with Gasteiger partial charge in [0.05, 0.1) is 12.1 Å². The van der Waals surface area contributed by atoms with Crippen molar-refractivity contribution in [3.8, 4) is 12.3 Å². The second-order valence-corrected chi connectivity index (χ2v) is 5.70. The number of aliphatic hydroxyl groups is 1. The molecule has 0 spiro atoms. The monoisotopic (exact) mass is 501 g/mol. The van der Waals surface area contributed by atoms with Crippen LogP contribution in [0.25, 0.3) is 0 Å². The normalized spacial score (nSPS) is 17.4. The smallest absolute Gasteiger partial charge is 0.649 e. The maximum atomic E-state index is 11.5. The number of hydrogen-bond acceptors (Lipinski definition) is 5. The molecule has 0 radical (unpaired) electrons. The molecule has 1 unspecified atom stereocenters. The third-order valence-electron chi connectivity index (χ3n) is 2.72. The molecule has 1 heterocycles. The van der Waals surface area contributed by atoms with Gasteiger partial charge in [-0.1, -0.05) is 18.1 Å². The number of ether oxygens (including phenoxy) is 2. The van der Waals surface area contributed by atoms with E-state index in [1.54, 1.807) is 45.0 Å². The fraction of sp³-hybridized carbons (Fsp3) is 0.412. The Labute approximate surface area is 156 Å². The Morgan fingerprint density at radius 1 is 1.50 bits per heavy atom. The van der Waals surface area contributed by atoms with Gasteiger partial charge in [-0.25, -0.2) is 4.79 Å². The van der Waals surface area contributed by atoms with Gasteiger partial charge in [0, 0.05) is 0 Å². The number of carbonyl (C=O) groups excluding carboxylic acids is 2. The van der Waals surface area contributed by atoms with Crippen LogP contribution >= 0.6 is 0 Å². The first-order chi connectivity index (χ1) is 10.8. The molecule has 2 rings (SSSR count). The average Bonchev–Trinajstić information content (AvgIpc) is 2.89. The van der Waals surface area contributed by atoms with Gasteiger partial charge in [0.15, 0.2) is 12.2 Å². The number of amides is 1. The summed E-state index contributed by atoms with van der Waals surface area (Å²) in [5.74, 6) is 2.14. The minimum atomic E-state index is -1.07. The van der Waals surface area contributed by atoms with Crippen molar-refractivity contribution < 1.29 is 45.2 Å². The molecule has 7 heteroatoms. The van der Waals surface area contributed by atoms with Crippen molar-refractivity contribution in [2.24, 2.45) is 0 Å². The third kappa shape index (κ3) is 7.16. The molecule has 128 valence electrons. The van der Waals surface area contributed by atoms with Gasteiger partial charge in [-0.15, -0.1) is 18.6 Å². The first kappa shape index (κ1) is 22.2. The van der Waals surface area contributed by atoms with E-state index in [0.29, 0.717) is 5.69 Å². The minimum absolute atomic E-state index is 0. The first-order valence-electron chi connectivity index (χ1n) is 6.92. The molecule has 1 N–H and O–H groups in total. The van der Waals surface area contributed by atoms with Gasteiger partial charge in [0.25, 0.3) is 0 Å². The molecule has 2 atom stereocenters. The van der Waals surface area contributed by atoms with Crippen LogP contribution in [-0.2, 0) is 35.3 Å². The van der Waals surface area contributed by atoms with E-state index in [0.717, 1.165) is 0 Å². The van der Waals surface area contributed by atoms with Crippen molar-refractivity contribution in [3.05, 3.63) is 30.3 Å². The average molecular weight is 501 g/mol. The van der Waals surface area contributed by atoms with E-state index in [1.807, 2.05) is 0 Å². The molecule has 1 saturated heterocycles. The summed E-state index contributed by atoms with van der Waals surface area (Å²) in [5, 5.41) is 9.39. The van der Waals surface area contributed by atoms with Crippen LogP contribution in [0.2, 0.25) is 0 Å². The number of rotatable bonds is 3. The predicted molar refractivity (Wildman–Crippen MR) is 84.3 cm³/mol. The number of aliphatic hydroxyl groups excluding tert-OH is 1. The van der Waals surface area contributed by atoms with Gasteiger partial charge >= 0.3 is 27.2 Å². The minimum Gasteiger partial charge on any atom is -0.649 e.